The van der Waals surface area contributed by atoms with Gasteiger partial charge in [-0.1, -0.05) is 35.1 Å². The van der Waals surface area contributed by atoms with Crippen molar-refractivity contribution in [2.24, 2.45) is 11.5 Å². The largest absolute Gasteiger partial charge is 0.481 e. The third-order valence-electron chi connectivity index (χ3n) is 3.25. The summed E-state index contributed by atoms with van der Waals surface area (Å²) in [5, 5.41) is 19.9. The van der Waals surface area contributed by atoms with E-state index in [4.69, 9.17) is 25.9 Å². The van der Waals surface area contributed by atoms with Gasteiger partial charge in [-0.25, -0.2) is 0 Å². The van der Waals surface area contributed by atoms with Gasteiger partial charge in [0, 0.05) is 6.92 Å². The molecule has 5 N–H and O–H groups in total. The Balaban J connectivity index is 0.000000640. The number of nitrogens with two attached hydrogens (primary N) is 2. The first kappa shape index (κ1) is 21.1. The lowest BCUT2D eigenvalue weighted by atomic mass is 10.2. The quantitative estimate of drug-likeness (QED) is 0.499. The molecule has 148 valence electrons. The number of carboxylic acid groups (broad SMARTS) is 1. The lowest BCUT2D eigenvalue weighted by Gasteiger charge is -2.11. The lowest BCUT2D eigenvalue weighted by Crippen LogP contribution is -2.12. The highest BCUT2D eigenvalue weighted by Crippen LogP contribution is 2.26. The van der Waals surface area contributed by atoms with Crippen molar-refractivity contribution in [3.63, 3.8) is 0 Å². The van der Waals surface area contributed by atoms with E-state index in [2.05, 4.69) is 20.3 Å². The van der Waals surface area contributed by atoms with Crippen LogP contribution in [0.5, 0.6) is 0 Å². The molecule has 0 saturated heterocycles. The molecule has 0 aliphatic rings. The first-order valence-electron chi connectivity index (χ1n) is 7.98. The normalized spacial score (nSPS) is 10.2. The van der Waals surface area contributed by atoms with E-state index in [0.717, 1.165) is 18.2 Å². The Kier molecular flexibility index (Phi) is 7.23. The molecule has 0 bridgehead atoms. The standard InChI is InChI=1S/C14H15N7O2S.C2H4O2/c1-8-4-2-3-5-9(8)21-10(6-15)18-19-14(21)24-7-11-17-13(12(16)22)20-23-11;1-2(3)4/h2-5H,6-7,15H2,1H3,(H2,16,22);1H3,(H,3,4). The Labute approximate surface area is 164 Å². The van der Waals surface area contributed by atoms with Crippen LogP contribution >= 0.6 is 11.8 Å². The maximum Gasteiger partial charge on any atom is 0.300 e. The maximum atomic E-state index is 11.0. The van der Waals surface area contributed by atoms with Gasteiger partial charge in [-0.05, 0) is 18.6 Å². The van der Waals surface area contributed by atoms with Gasteiger partial charge >= 0.3 is 0 Å². The van der Waals surface area contributed by atoms with Crippen molar-refractivity contribution in [1.82, 2.24) is 24.9 Å². The molecule has 3 rings (SSSR count). The van der Waals surface area contributed by atoms with Gasteiger partial charge in [0.2, 0.25) is 5.89 Å². The molecule has 2 heterocycles. The predicted molar refractivity (Wildman–Crippen MR) is 99.7 cm³/mol. The Bertz CT molecular complexity index is 966. The van der Waals surface area contributed by atoms with Gasteiger partial charge in [0.1, 0.15) is 0 Å². The third kappa shape index (κ3) is 5.37. The molecule has 0 aliphatic heterocycles. The minimum absolute atomic E-state index is 0.145. The van der Waals surface area contributed by atoms with E-state index in [9.17, 15) is 4.79 Å². The number of primary amides is 1. The molecule has 1 aromatic carbocycles. The zero-order valence-electron chi connectivity index (χ0n) is 15.2. The van der Waals surface area contributed by atoms with E-state index >= 15 is 0 Å². The number of aryl methyl sites for hydroxylation is 1. The lowest BCUT2D eigenvalue weighted by molar-refractivity contribution is -0.134. The van der Waals surface area contributed by atoms with Crippen LogP contribution < -0.4 is 11.5 Å². The van der Waals surface area contributed by atoms with E-state index in [-0.39, 0.29) is 18.3 Å². The summed E-state index contributed by atoms with van der Waals surface area (Å²) in [6.45, 7) is 3.34. The van der Waals surface area contributed by atoms with Gasteiger partial charge < -0.3 is 21.1 Å². The molecule has 3 aromatic rings. The highest BCUT2D eigenvalue weighted by molar-refractivity contribution is 7.98. The summed E-state index contributed by atoms with van der Waals surface area (Å²) in [6, 6.07) is 7.87. The second kappa shape index (κ2) is 9.62. The molecule has 28 heavy (non-hydrogen) atoms. The highest BCUT2D eigenvalue weighted by Gasteiger charge is 2.17. The molecule has 0 atom stereocenters. The van der Waals surface area contributed by atoms with Crippen molar-refractivity contribution in [2.45, 2.75) is 31.3 Å². The number of benzene rings is 1. The number of para-hydroxylation sites is 1. The van der Waals surface area contributed by atoms with Crippen molar-refractivity contribution in [3.05, 3.63) is 47.4 Å². The zero-order valence-corrected chi connectivity index (χ0v) is 16.0. The average Bonchev–Trinajstić information content (AvgIpc) is 3.26. The molecule has 2 aromatic heterocycles. The number of thioether (sulfide) groups is 1. The van der Waals surface area contributed by atoms with E-state index in [1.54, 1.807) is 0 Å². The van der Waals surface area contributed by atoms with Crippen LogP contribution in [-0.4, -0.2) is 41.9 Å². The summed E-state index contributed by atoms with van der Waals surface area (Å²) in [5.74, 6) is -0.454. The molecular weight excluding hydrogens is 386 g/mol. The Morgan fingerprint density at radius 1 is 1.29 bits per heavy atom. The van der Waals surface area contributed by atoms with Gasteiger partial charge in [-0.15, -0.1) is 10.2 Å². The van der Waals surface area contributed by atoms with Crippen LogP contribution in [-0.2, 0) is 17.1 Å². The van der Waals surface area contributed by atoms with Gasteiger partial charge in [0.15, 0.2) is 11.0 Å². The molecule has 0 radical (unpaired) electrons. The molecule has 0 aliphatic carbocycles. The van der Waals surface area contributed by atoms with E-state index in [1.165, 1.54) is 11.8 Å². The van der Waals surface area contributed by atoms with Crippen LogP contribution in [0.15, 0.2) is 33.9 Å². The number of carbonyl (C=O) groups excluding carboxylic acids is 1. The number of aliphatic carboxylic acids is 1. The monoisotopic (exact) mass is 405 g/mol. The maximum absolute atomic E-state index is 11.0. The summed E-state index contributed by atoms with van der Waals surface area (Å²) in [5.41, 5.74) is 12.9. The van der Waals surface area contributed by atoms with Crippen molar-refractivity contribution >= 4 is 23.6 Å². The van der Waals surface area contributed by atoms with Crippen LogP contribution in [0.1, 0.15) is 34.8 Å². The first-order valence-corrected chi connectivity index (χ1v) is 8.97. The smallest absolute Gasteiger partial charge is 0.300 e. The van der Waals surface area contributed by atoms with E-state index < -0.39 is 11.9 Å². The third-order valence-corrected chi connectivity index (χ3v) is 4.17. The predicted octanol–water partition coefficient (Wildman–Crippen LogP) is 0.900. The number of rotatable bonds is 6. The van der Waals surface area contributed by atoms with Crippen LogP contribution in [0.25, 0.3) is 5.69 Å². The highest BCUT2D eigenvalue weighted by atomic mass is 32.2. The molecule has 11 nitrogen and oxygen atoms in total. The minimum Gasteiger partial charge on any atom is -0.481 e. The fourth-order valence-electron chi connectivity index (χ4n) is 2.12. The van der Waals surface area contributed by atoms with Crippen molar-refractivity contribution in [1.29, 1.82) is 0 Å². The molecule has 0 saturated carbocycles. The number of nitrogens with zero attached hydrogens (tertiary/aromatic N) is 5. The van der Waals surface area contributed by atoms with Crippen LogP contribution in [0.3, 0.4) is 0 Å². The minimum atomic E-state index is -0.833. The van der Waals surface area contributed by atoms with E-state index in [1.807, 2.05) is 35.8 Å². The van der Waals surface area contributed by atoms with E-state index in [0.29, 0.717) is 16.7 Å². The summed E-state index contributed by atoms with van der Waals surface area (Å²) in [4.78, 5) is 23.9. The Morgan fingerprint density at radius 3 is 2.54 bits per heavy atom. The molecule has 0 spiro atoms. The van der Waals surface area contributed by atoms with Gasteiger partial charge in [-0.2, -0.15) is 4.98 Å². The summed E-state index contributed by atoms with van der Waals surface area (Å²) in [6.07, 6.45) is 0. The molecule has 0 unspecified atom stereocenters. The first-order chi connectivity index (χ1) is 13.3. The summed E-state index contributed by atoms with van der Waals surface area (Å²) in [7, 11) is 0. The SMILES string of the molecule is CC(=O)O.Cc1ccccc1-n1c(CN)nnc1SCc1nc(C(N)=O)no1. The topological polar surface area (TPSA) is 176 Å². The van der Waals surface area contributed by atoms with Crippen LogP contribution in [0.2, 0.25) is 0 Å². The number of hydrogen-bond acceptors (Lipinski definition) is 9. The number of aromatic nitrogens is 5. The average molecular weight is 405 g/mol. The Hall–Kier alpha value is -3.25. The molecule has 1 amide bonds. The van der Waals surface area contributed by atoms with Crippen molar-refractivity contribution in [3.8, 4) is 5.69 Å². The molecule has 0 fully saturated rings. The number of carboxylic acids is 1. The molecular formula is C16H19N7O4S. The second-order valence-electron chi connectivity index (χ2n) is 5.41. The van der Waals surface area contributed by atoms with Gasteiger partial charge in [0.25, 0.3) is 17.7 Å². The fraction of sp³-hybridized carbons (Fsp3) is 0.250. The van der Waals surface area contributed by atoms with Crippen molar-refractivity contribution in [2.75, 3.05) is 0 Å². The number of carbonyl (C=O) groups is 2. The molecule has 12 heteroatoms. The summed E-state index contributed by atoms with van der Waals surface area (Å²) < 4.78 is 6.88. The van der Waals surface area contributed by atoms with Crippen molar-refractivity contribution < 1.29 is 19.2 Å². The van der Waals surface area contributed by atoms with Crippen LogP contribution in [0.4, 0.5) is 0 Å². The van der Waals surface area contributed by atoms with Gasteiger partial charge in [-0.3, -0.25) is 14.2 Å². The number of amides is 1. The summed E-state index contributed by atoms with van der Waals surface area (Å²) >= 11 is 1.35. The fourth-order valence-corrected chi connectivity index (χ4v) is 2.92. The number of hydrogen-bond donors (Lipinski definition) is 3. The van der Waals surface area contributed by atoms with Crippen LogP contribution in [0, 0.1) is 6.92 Å². The van der Waals surface area contributed by atoms with Gasteiger partial charge in [0.05, 0.1) is 18.0 Å². The zero-order chi connectivity index (χ0) is 20.7. The second-order valence-corrected chi connectivity index (χ2v) is 6.35. The Morgan fingerprint density at radius 2 is 1.96 bits per heavy atom.